The summed E-state index contributed by atoms with van der Waals surface area (Å²) in [6.45, 7) is 0. The number of nitrogens with one attached hydrogen (secondary N) is 1. The van der Waals surface area contributed by atoms with Gasteiger partial charge < -0.3 is 14.8 Å². The molecule has 2 aromatic carbocycles. The van der Waals surface area contributed by atoms with E-state index in [4.69, 9.17) is 9.47 Å². The van der Waals surface area contributed by atoms with Gasteiger partial charge in [0.15, 0.2) is 11.5 Å². The monoisotopic (exact) mass is 380 g/mol. The number of anilines is 1. The third-order valence-electron chi connectivity index (χ3n) is 4.40. The molecule has 0 aliphatic carbocycles. The van der Waals surface area contributed by atoms with Crippen molar-refractivity contribution in [3.8, 4) is 11.5 Å². The van der Waals surface area contributed by atoms with Gasteiger partial charge in [0.05, 0.1) is 20.1 Å². The van der Waals surface area contributed by atoms with Crippen LogP contribution in [0.4, 0.5) is 10.1 Å². The summed E-state index contributed by atoms with van der Waals surface area (Å²) in [6, 6.07) is 14.9. The number of halogens is 1. The lowest BCUT2D eigenvalue weighted by Crippen LogP contribution is -2.23. The summed E-state index contributed by atoms with van der Waals surface area (Å²) in [4.78, 5) is 17.2. The van der Waals surface area contributed by atoms with Gasteiger partial charge in [-0.25, -0.2) is 4.39 Å². The predicted molar refractivity (Wildman–Crippen MR) is 105 cm³/mol. The van der Waals surface area contributed by atoms with E-state index in [9.17, 15) is 9.18 Å². The quantitative estimate of drug-likeness (QED) is 0.667. The molecule has 3 rings (SSSR count). The standard InChI is InChI=1S/C22H21FN2O3/c1-27-20-10-9-18(13-21(20)28-2)25-22(26)19(12-15-4-3-11-24-14-15)16-5-7-17(23)8-6-16/h3-11,13-14,19H,12H2,1-2H3,(H,25,26). The molecule has 6 heteroatoms. The number of rotatable bonds is 7. The number of pyridine rings is 1. The van der Waals surface area contributed by atoms with Gasteiger partial charge in [-0.05, 0) is 47.9 Å². The minimum absolute atomic E-state index is 0.206. The minimum atomic E-state index is -0.502. The highest BCUT2D eigenvalue weighted by molar-refractivity contribution is 5.96. The Kier molecular flexibility index (Phi) is 6.22. The number of nitrogens with zero attached hydrogens (tertiary/aromatic N) is 1. The van der Waals surface area contributed by atoms with Crippen LogP contribution >= 0.6 is 0 Å². The average molecular weight is 380 g/mol. The van der Waals surface area contributed by atoms with Crippen molar-refractivity contribution in [1.82, 2.24) is 4.98 Å². The molecule has 1 unspecified atom stereocenters. The molecule has 1 N–H and O–H groups in total. The second-order valence-corrected chi connectivity index (χ2v) is 6.23. The molecule has 1 aromatic heterocycles. The fourth-order valence-electron chi connectivity index (χ4n) is 2.95. The van der Waals surface area contributed by atoms with Crippen molar-refractivity contribution >= 4 is 11.6 Å². The topological polar surface area (TPSA) is 60.5 Å². The summed E-state index contributed by atoms with van der Waals surface area (Å²) in [5.74, 6) is 0.0431. The Morgan fingerprint density at radius 1 is 1.07 bits per heavy atom. The lowest BCUT2D eigenvalue weighted by Gasteiger charge is -2.18. The van der Waals surface area contributed by atoms with E-state index < -0.39 is 5.92 Å². The Balaban J connectivity index is 1.86. The molecule has 1 heterocycles. The van der Waals surface area contributed by atoms with Crippen molar-refractivity contribution in [3.63, 3.8) is 0 Å². The fourth-order valence-corrected chi connectivity index (χ4v) is 2.95. The normalized spacial score (nSPS) is 11.5. The van der Waals surface area contributed by atoms with E-state index in [0.717, 1.165) is 11.1 Å². The van der Waals surface area contributed by atoms with Crippen LogP contribution in [0.15, 0.2) is 67.0 Å². The van der Waals surface area contributed by atoms with Gasteiger partial charge in [-0.15, -0.1) is 0 Å². The molecule has 1 amide bonds. The summed E-state index contributed by atoms with van der Waals surface area (Å²) in [6.07, 6.45) is 3.85. The minimum Gasteiger partial charge on any atom is -0.493 e. The number of hydrogen-bond donors (Lipinski definition) is 1. The summed E-state index contributed by atoms with van der Waals surface area (Å²) >= 11 is 0. The van der Waals surface area contributed by atoms with Gasteiger partial charge in [-0.2, -0.15) is 0 Å². The first-order valence-electron chi connectivity index (χ1n) is 8.78. The number of carbonyl (C=O) groups excluding carboxylic acids is 1. The first-order chi connectivity index (χ1) is 13.6. The van der Waals surface area contributed by atoms with E-state index in [0.29, 0.717) is 23.6 Å². The van der Waals surface area contributed by atoms with E-state index in [2.05, 4.69) is 10.3 Å². The Morgan fingerprint density at radius 2 is 1.82 bits per heavy atom. The zero-order chi connectivity index (χ0) is 19.9. The van der Waals surface area contributed by atoms with Gasteiger partial charge in [0.1, 0.15) is 5.82 Å². The van der Waals surface area contributed by atoms with Crippen LogP contribution < -0.4 is 14.8 Å². The van der Waals surface area contributed by atoms with Crippen LogP contribution in [-0.2, 0) is 11.2 Å². The molecule has 0 saturated heterocycles. The van der Waals surface area contributed by atoms with Crippen LogP contribution in [0, 0.1) is 5.82 Å². The molecule has 0 bridgehead atoms. The van der Waals surface area contributed by atoms with Crippen molar-refractivity contribution in [2.24, 2.45) is 0 Å². The van der Waals surface area contributed by atoms with E-state index in [1.807, 2.05) is 12.1 Å². The van der Waals surface area contributed by atoms with Crippen LogP contribution in [0.5, 0.6) is 11.5 Å². The molecule has 0 fully saturated rings. The highest BCUT2D eigenvalue weighted by atomic mass is 19.1. The molecule has 0 aliphatic heterocycles. The molecule has 5 nitrogen and oxygen atoms in total. The SMILES string of the molecule is COc1ccc(NC(=O)C(Cc2cccnc2)c2ccc(F)cc2)cc1OC. The van der Waals surface area contributed by atoms with Gasteiger partial charge in [0, 0.05) is 24.1 Å². The summed E-state index contributed by atoms with van der Waals surface area (Å²) in [5.41, 5.74) is 2.23. The summed E-state index contributed by atoms with van der Waals surface area (Å²) in [5, 5.41) is 2.91. The van der Waals surface area contributed by atoms with Gasteiger partial charge in [0.25, 0.3) is 0 Å². The third kappa shape index (κ3) is 4.65. The Hall–Kier alpha value is -3.41. The van der Waals surface area contributed by atoms with Crippen LogP contribution in [-0.4, -0.2) is 25.1 Å². The Bertz CT molecular complexity index is 930. The van der Waals surface area contributed by atoms with Crippen molar-refractivity contribution in [1.29, 1.82) is 0 Å². The van der Waals surface area contributed by atoms with Gasteiger partial charge in [-0.1, -0.05) is 18.2 Å². The molecule has 144 valence electrons. The van der Waals surface area contributed by atoms with Gasteiger partial charge in [-0.3, -0.25) is 9.78 Å². The maximum absolute atomic E-state index is 13.3. The fraction of sp³-hybridized carbons (Fsp3) is 0.182. The van der Waals surface area contributed by atoms with E-state index in [1.165, 1.54) is 19.2 Å². The number of amides is 1. The third-order valence-corrected chi connectivity index (χ3v) is 4.40. The van der Waals surface area contributed by atoms with Crippen molar-refractivity contribution in [2.75, 3.05) is 19.5 Å². The van der Waals surface area contributed by atoms with Crippen LogP contribution in [0.3, 0.4) is 0 Å². The first kappa shape index (κ1) is 19.4. The smallest absolute Gasteiger partial charge is 0.232 e. The van der Waals surface area contributed by atoms with Crippen LogP contribution in [0.2, 0.25) is 0 Å². The van der Waals surface area contributed by atoms with Crippen LogP contribution in [0.1, 0.15) is 17.0 Å². The maximum Gasteiger partial charge on any atom is 0.232 e. The Labute approximate surface area is 163 Å². The predicted octanol–water partition coefficient (Wildman–Crippen LogP) is 4.20. The van der Waals surface area contributed by atoms with Crippen LogP contribution in [0.25, 0.3) is 0 Å². The number of ether oxygens (including phenoxy) is 2. The number of hydrogen-bond acceptors (Lipinski definition) is 4. The molecule has 0 saturated carbocycles. The maximum atomic E-state index is 13.3. The molecule has 0 spiro atoms. The molecule has 28 heavy (non-hydrogen) atoms. The summed E-state index contributed by atoms with van der Waals surface area (Å²) < 4.78 is 23.9. The molecular weight excluding hydrogens is 359 g/mol. The molecule has 0 radical (unpaired) electrons. The number of aromatic nitrogens is 1. The van der Waals surface area contributed by atoms with Crippen molar-refractivity contribution < 1.29 is 18.7 Å². The zero-order valence-electron chi connectivity index (χ0n) is 15.7. The highest BCUT2D eigenvalue weighted by Gasteiger charge is 2.22. The largest absolute Gasteiger partial charge is 0.493 e. The highest BCUT2D eigenvalue weighted by Crippen LogP contribution is 2.31. The van der Waals surface area contributed by atoms with Crippen molar-refractivity contribution in [3.05, 3.63) is 83.9 Å². The van der Waals surface area contributed by atoms with E-state index in [1.54, 1.807) is 49.8 Å². The Morgan fingerprint density at radius 3 is 2.46 bits per heavy atom. The van der Waals surface area contributed by atoms with Crippen molar-refractivity contribution in [2.45, 2.75) is 12.3 Å². The number of carbonyl (C=O) groups is 1. The first-order valence-corrected chi connectivity index (χ1v) is 8.78. The number of methoxy groups -OCH3 is 2. The van der Waals surface area contributed by atoms with Gasteiger partial charge in [0.2, 0.25) is 5.91 Å². The van der Waals surface area contributed by atoms with Gasteiger partial charge >= 0.3 is 0 Å². The molecule has 3 aromatic rings. The zero-order valence-corrected chi connectivity index (χ0v) is 15.7. The lowest BCUT2D eigenvalue weighted by molar-refractivity contribution is -0.117. The van der Waals surface area contributed by atoms with E-state index >= 15 is 0 Å². The molecular formula is C22H21FN2O3. The summed E-state index contributed by atoms with van der Waals surface area (Å²) in [7, 11) is 3.09. The lowest BCUT2D eigenvalue weighted by atomic mass is 9.91. The molecule has 1 atom stereocenters. The second-order valence-electron chi connectivity index (χ2n) is 6.23. The van der Waals surface area contributed by atoms with E-state index in [-0.39, 0.29) is 11.7 Å². The number of benzene rings is 2. The molecule has 0 aliphatic rings. The second kappa shape index (κ2) is 8.99. The average Bonchev–Trinajstić information content (AvgIpc) is 2.73.